The standard InChI is InChI=1S/C15H24N2O3S/c1-12-14(9-16)6-3-7-15(12)21(18,19)17(2)10-13-5-4-8-20-11-13/h3,6-7,13H,4-5,8-11,16H2,1-2H3. The molecule has 1 fully saturated rings. The molecule has 2 rings (SSSR count). The van der Waals surface area contributed by atoms with E-state index >= 15 is 0 Å². The first-order chi connectivity index (χ1) is 9.96. The lowest BCUT2D eigenvalue weighted by Gasteiger charge is -2.27. The summed E-state index contributed by atoms with van der Waals surface area (Å²) in [6.45, 7) is 4.07. The fraction of sp³-hybridized carbons (Fsp3) is 0.600. The van der Waals surface area contributed by atoms with E-state index in [2.05, 4.69) is 0 Å². The van der Waals surface area contributed by atoms with Gasteiger partial charge in [0.2, 0.25) is 10.0 Å². The van der Waals surface area contributed by atoms with Crippen LogP contribution in [0.15, 0.2) is 23.1 Å². The molecule has 0 saturated carbocycles. The maximum absolute atomic E-state index is 12.7. The molecule has 1 atom stereocenters. The van der Waals surface area contributed by atoms with Crippen molar-refractivity contribution in [3.05, 3.63) is 29.3 Å². The summed E-state index contributed by atoms with van der Waals surface area (Å²) < 4.78 is 32.3. The molecule has 1 aliphatic heterocycles. The summed E-state index contributed by atoms with van der Waals surface area (Å²) in [6, 6.07) is 5.26. The van der Waals surface area contributed by atoms with Crippen molar-refractivity contribution in [1.82, 2.24) is 4.31 Å². The van der Waals surface area contributed by atoms with Gasteiger partial charge in [-0.25, -0.2) is 12.7 Å². The van der Waals surface area contributed by atoms with E-state index in [9.17, 15) is 8.42 Å². The van der Waals surface area contributed by atoms with Gasteiger partial charge in [-0.2, -0.15) is 0 Å². The highest BCUT2D eigenvalue weighted by atomic mass is 32.2. The Bertz CT molecular complexity index is 581. The van der Waals surface area contributed by atoms with Crippen molar-refractivity contribution in [3.63, 3.8) is 0 Å². The Labute approximate surface area is 127 Å². The van der Waals surface area contributed by atoms with Gasteiger partial charge in [0.25, 0.3) is 0 Å². The SMILES string of the molecule is Cc1c(CN)cccc1S(=O)(=O)N(C)CC1CCCOC1. The van der Waals surface area contributed by atoms with Crippen LogP contribution in [-0.2, 0) is 21.3 Å². The van der Waals surface area contributed by atoms with Gasteiger partial charge in [-0.05, 0) is 42.9 Å². The van der Waals surface area contributed by atoms with E-state index in [0.717, 1.165) is 30.6 Å². The van der Waals surface area contributed by atoms with E-state index in [0.29, 0.717) is 24.6 Å². The summed E-state index contributed by atoms with van der Waals surface area (Å²) >= 11 is 0. The number of nitrogens with two attached hydrogens (primary N) is 1. The highest BCUT2D eigenvalue weighted by Gasteiger charge is 2.26. The largest absolute Gasteiger partial charge is 0.381 e. The average molecular weight is 312 g/mol. The molecule has 5 nitrogen and oxygen atoms in total. The van der Waals surface area contributed by atoms with Crippen LogP contribution in [0.1, 0.15) is 24.0 Å². The lowest BCUT2D eigenvalue weighted by molar-refractivity contribution is 0.0495. The minimum absolute atomic E-state index is 0.275. The van der Waals surface area contributed by atoms with Crippen LogP contribution in [0.4, 0.5) is 0 Å². The van der Waals surface area contributed by atoms with Crippen molar-refractivity contribution in [2.75, 3.05) is 26.8 Å². The molecule has 118 valence electrons. The van der Waals surface area contributed by atoms with E-state index in [1.165, 1.54) is 4.31 Å². The molecule has 21 heavy (non-hydrogen) atoms. The van der Waals surface area contributed by atoms with Crippen molar-refractivity contribution in [1.29, 1.82) is 0 Å². The minimum Gasteiger partial charge on any atom is -0.381 e. The van der Waals surface area contributed by atoms with Gasteiger partial charge in [-0.1, -0.05) is 12.1 Å². The van der Waals surface area contributed by atoms with Crippen LogP contribution < -0.4 is 5.73 Å². The molecule has 1 heterocycles. The van der Waals surface area contributed by atoms with E-state index in [-0.39, 0.29) is 5.92 Å². The molecule has 1 aromatic rings. The Morgan fingerprint density at radius 2 is 2.19 bits per heavy atom. The molecular formula is C15H24N2O3S. The zero-order valence-electron chi connectivity index (χ0n) is 12.7. The highest BCUT2D eigenvalue weighted by Crippen LogP contribution is 2.24. The zero-order chi connectivity index (χ0) is 15.5. The van der Waals surface area contributed by atoms with E-state index in [1.54, 1.807) is 19.2 Å². The van der Waals surface area contributed by atoms with Crippen molar-refractivity contribution >= 4 is 10.0 Å². The smallest absolute Gasteiger partial charge is 0.243 e. The van der Waals surface area contributed by atoms with Crippen molar-refractivity contribution < 1.29 is 13.2 Å². The Balaban J connectivity index is 2.20. The van der Waals surface area contributed by atoms with Gasteiger partial charge in [0.1, 0.15) is 0 Å². The van der Waals surface area contributed by atoms with Gasteiger partial charge >= 0.3 is 0 Å². The molecule has 0 amide bonds. The van der Waals surface area contributed by atoms with Gasteiger partial charge in [-0.15, -0.1) is 0 Å². The van der Waals surface area contributed by atoms with Gasteiger partial charge in [0.05, 0.1) is 11.5 Å². The molecule has 0 radical (unpaired) electrons. The monoisotopic (exact) mass is 312 g/mol. The summed E-state index contributed by atoms with van der Waals surface area (Å²) in [5.41, 5.74) is 7.27. The van der Waals surface area contributed by atoms with Crippen LogP contribution in [0.3, 0.4) is 0 Å². The summed E-state index contributed by atoms with van der Waals surface area (Å²) in [6.07, 6.45) is 2.02. The van der Waals surface area contributed by atoms with Crippen LogP contribution in [0, 0.1) is 12.8 Å². The van der Waals surface area contributed by atoms with E-state index in [4.69, 9.17) is 10.5 Å². The lowest BCUT2D eigenvalue weighted by Crippen LogP contribution is -2.35. The maximum atomic E-state index is 12.7. The van der Waals surface area contributed by atoms with Crippen LogP contribution in [-0.4, -0.2) is 39.5 Å². The summed E-state index contributed by atoms with van der Waals surface area (Å²) in [5, 5.41) is 0. The van der Waals surface area contributed by atoms with Gasteiger partial charge < -0.3 is 10.5 Å². The van der Waals surface area contributed by atoms with E-state index < -0.39 is 10.0 Å². The lowest BCUT2D eigenvalue weighted by atomic mass is 10.0. The fourth-order valence-electron chi connectivity index (χ4n) is 2.74. The van der Waals surface area contributed by atoms with Crippen molar-refractivity contribution in [3.8, 4) is 0 Å². The number of ether oxygens (including phenoxy) is 1. The fourth-order valence-corrected chi connectivity index (χ4v) is 4.25. The van der Waals surface area contributed by atoms with Crippen LogP contribution in [0.5, 0.6) is 0 Å². The van der Waals surface area contributed by atoms with Gasteiger partial charge in [-0.3, -0.25) is 0 Å². The average Bonchev–Trinajstić information content (AvgIpc) is 2.48. The third kappa shape index (κ3) is 3.63. The predicted molar refractivity (Wildman–Crippen MR) is 82.4 cm³/mol. The normalized spacial score (nSPS) is 19.9. The zero-order valence-corrected chi connectivity index (χ0v) is 13.5. The molecule has 1 aromatic carbocycles. The third-order valence-corrected chi connectivity index (χ3v) is 6.04. The molecular weight excluding hydrogens is 288 g/mol. The van der Waals surface area contributed by atoms with Crippen molar-refractivity contribution in [2.24, 2.45) is 11.7 Å². The molecule has 2 N–H and O–H groups in total. The summed E-state index contributed by atoms with van der Waals surface area (Å²) in [4.78, 5) is 0.352. The Kier molecular flexibility index (Phi) is 5.37. The third-order valence-electron chi connectivity index (χ3n) is 4.07. The number of benzene rings is 1. The number of nitrogens with zero attached hydrogens (tertiary/aromatic N) is 1. The first-order valence-corrected chi connectivity index (χ1v) is 8.73. The first kappa shape index (κ1) is 16.4. The molecule has 1 aliphatic rings. The second-order valence-corrected chi connectivity index (χ2v) is 7.63. The molecule has 0 bridgehead atoms. The maximum Gasteiger partial charge on any atom is 0.243 e. The molecule has 0 aromatic heterocycles. The quantitative estimate of drug-likeness (QED) is 0.894. The molecule has 1 saturated heterocycles. The van der Waals surface area contributed by atoms with Gasteiger partial charge in [0, 0.05) is 26.7 Å². The van der Waals surface area contributed by atoms with E-state index in [1.807, 2.05) is 13.0 Å². The number of rotatable bonds is 5. The molecule has 6 heteroatoms. The van der Waals surface area contributed by atoms with Gasteiger partial charge in [0.15, 0.2) is 0 Å². The Morgan fingerprint density at radius 1 is 1.43 bits per heavy atom. The topological polar surface area (TPSA) is 72.6 Å². The Hall–Kier alpha value is -0.950. The van der Waals surface area contributed by atoms with Crippen molar-refractivity contribution in [2.45, 2.75) is 31.2 Å². The first-order valence-electron chi connectivity index (χ1n) is 7.29. The Morgan fingerprint density at radius 3 is 2.81 bits per heavy atom. The number of hydrogen-bond acceptors (Lipinski definition) is 4. The number of sulfonamides is 1. The van der Waals surface area contributed by atoms with Crippen LogP contribution in [0.25, 0.3) is 0 Å². The number of hydrogen-bond donors (Lipinski definition) is 1. The molecule has 0 spiro atoms. The highest BCUT2D eigenvalue weighted by molar-refractivity contribution is 7.89. The van der Waals surface area contributed by atoms with Crippen LogP contribution >= 0.6 is 0 Å². The van der Waals surface area contributed by atoms with Crippen LogP contribution in [0.2, 0.25) is 0 Å². The second kappa shape index (κ2) is 6.87. The second-order valence-electron chi connectivity index (χ2n) is 5.61. The molecule has 1 unspecified atom stereocenters. The predicted octanol–water partition coefficient (Wildman–Crippen LogP) is 1.50. The summed E-state index contributed by atoms with van der Waals surface area (Å²) in [7, 11) is -1.84. The molecule has 0 aliphatic carbocycles. The minimum atomic E-state index is -3.48. The summed E-state index contributed by atoms with van der Waals surface area (Å²) in [5.74, 6) is 0.275.